The fraction of sp³-hybridized carbons (Fsp3) is 0.571. The Morgan fingerprint density at radius 2 is 2.11 bits per heavy atom. The van der Waals surface area contributed by atoms with Crippen LogP contribution in [0, 0.1) is 5.92 Å². The summed E-state index contributed by atoms with van der Waals surface area (Å²) < 4.78 is 0.989. The van der Waals surface area contributed by atoms with Gasteiger partial charge in [0, 0.05) is 29.3 Å². The van der Waals surface area contributed by atoms with Gasteiger partial charge in [0.1, 0.15) is 0 Å². The summed E-state index contributed by atoms with van der Waals surface area (Å²) in [4.78, 5) is 4.73. The van der Waals surface area contributed by atoms with Crippen LogP contribution >= 0.6 is 15.9 Å². The lowest BCUT2D eigenvalue weighted by Gasteiger charge is -2.23. The number of aliphatic hydroxyl groups excluding tert-OH is 1. The van der Waals surface area contributed by atoms with E-state index in [0.29, 0.717) is 12.0 Å². The number of hydrogen-bond acceptors (Lipinski definition) is 3. The number of rotatable bonds is 3. The van der Waals surface area contributed by atoms with E-state index in [-0.39, 0.29) is 6.61 Å². The van der Waals surface area contributed by atoms with Gasteiger partial charge in [0.2, 0.25) is 0 Å². The molecule has 2 unspecified atom stereocenters. The molecule has 1 aliphatic heterocycles. The van der Waals surface area contributed by atoms with E-state index in [1.807, 2.05) is 6.07 Å². The van der Waals surface area contributed by atoms with Crippen molar-refractivity contribution in [1.82, 2.24) is 4.90 Å². The van der Waals surface area contributed by atoms with E-state index in [1.165, 1.54) is 5.69 Å². The molecule has 1 heterocycles. The summed E-state index contributed by atoms with van der Waals surface area (Å²) in [7, 11) is 4.30. The Morgan fingerprint density at radius 1 is 1.39 bits per heavy atom. The lowest BCUT2D eigenvalue weighted by Crippen LogP contribution is -2.34. The fourth-order valence-corrected chi connectivity index (χ4v) is 3.19. The van der Waals surface area contributed by atoms with Crippen LogP contribution in [0.3, 0.4) is 0 Å². The number of benzene rings is 1. The zero-order valence-electron chi connectivity index (χ0n) is 11.2. The van der Waals surface area contributed by atoms with Crippen molar-refractivity contribution in [2.45, 2.75) is 19.6 Å². The Hall–Kier alpha value is -0.580. The van der Waals surface area contributed by atoms with Crippen molar-refractivity contribution in [2.24, 2.45) is 5.92 Å². The van der Waals surface area contributed by atoms with Crippen molar-refractivity contribution in [3.8, 4) is 0 Å². The zero-order valence-corrected chi connectivity index (χ0v) is 12.8. The maximum Gasteiger partial charge on any atom is 0.0692 e. The molecule has 1 saturated heterocycles. The van der Waals surface area contributed by atoms with Gasteiger partial charge in [-0.1, -0.05) is 28.9 Å². The average Bonchev–Trinajstić information content (AvgIpc) is 2.71. The molecule has 0 spiro atoms. The predicted molar refractivity (Wildman–Crippen MR) is 78.9 cm³/mol. The number of anilines is 1. The van der Waals surface area contributed by atoms with Crippen molar-refractivity contribution >= 4 is 21.6 Å². The molecule has 0 saturated carbocycles. The van der Waals surface area contributed by atoms with Crippen LogP contribution in [-0.4, -0.2) is 43.2 Å². The predicted octanol–water partition coefficient (Wildman–Crippen LogP) is 2.33. The van der Waals surface area contributed by atoms with Gasteiger partial charge in [-0.25, -0.2) is 0 Å². The van der Waals surface area contributed by atoms with Gasteiger partial charge < -0.3 is 14.9 Å². The minimum absolute atomic E-state index is 0.0809. The second-order valence-corrected chi connectivity index (χ2v) is 6.20. The molecule has 3 nitrogen and oxygen atoms in total. The number of likely N-dealkylation sites (N-methyl/N-ethyl adjacent to an activating group) is 1. The fourth-order valence-electron chi connectivity index (χ4n) is 2.69. The molecule has 0 aromatic heterocycles. The summed E-state index contributed by atoms with van der Waals surface area (Å²) in [6, 6.07) is 6.81. The molecule has 1 fully saturated rings. The second-order valence-electron chi connectivity index (χ2n) is 5.35. The number of nitrogens with zero attached hydrogens (tertiary/aromatic N) is 2. The van der Waals surface area contributed by atoms with Gasteiger partial charge in [-0.3, -0.25) is 0 Å². The maximum absolute atomic E-state index is 9.18. The Labute approximate surface area is 118 Å². The largest absolute Gasteiger partial charge is 0.392 e. The normalized spacial score (nSPS) is 24.0. The summed E-state index contributed by atoms with van der Waals surface area (Å²) in [5.74, 6) is 0.677. The highest BCUT2D eigenvalue weighted by Crippen LogP contribution is 2.29. The van der Waals surface area contributed by atoms with Crippen molar-refractivity contribution < 1.29 is 5.11 Å². The SMILES string of the molecule is CC1CN(c2ccc(CO)c(Br)c2)CC1N(C)C. The topological polar surface area (TPSA) is 26.7 Å². The second kappa shape index (κ2) is 5.59. The van der Waals surface area contributed by atoms with E-state index in [2.05, 4.69) is 58.9 Å². The molecular weight excluding hydrogens is 292 g/mol. The third-order valence-electron chi connectivity index (χ3n) is 3.81. The van der Waals surface area contributed by atoms with Gasteiger partial charge in [0.25, 0.3) is 0 Å². The van der Waals surface area contributed by atoms with Gasteiger partial charge in [-0.2, -0.15) is 0 Å². The molecule has 2 rings (SSSR count). The summed E-state index contributed by atoms with van der Waals surface area (Å²) in [5, 5.41) is 9.18. The van der Waals surface area contributed by atoms with Crippen LogP contribution in [0.5, 0.6) is 0 Å². The quantitative estimate of drug-likeness (QED) is 0.928. The molecule has 1 aliphatic rings. The monoisotopic (exact) mass is 312 g/mol. The van der Waals surface area contributed by atoms with Crippen LogP contribution in [-0.2, 0) is 6.61 Å². The lowest BCUT2D eigenvalue weighted by molar-refractivity contribution is 0.266. The molecule has 1 N–H and O–H groups in total. The maximum atomic E-state index is 9.18. The lowest BCUT2D eigenvalue weighted by atomic mass is 10.1. The zero-order chi connectivity index (χ0) is 13.3. The van der Waals surface area contributed by atoms with Crippen molar-refractivity contribution in [1.29, 1.82) is 0 Å². The van der Waals surface area contributed by atoms with E-state index in [1.54, 1.807) is 0 Å². The molecular formula is C14H21BrN2O. The van der Waals surface area contributed by atoms with E-state index >= 15 is 0 Å². The molecule has 1 aromatic rings. The summed E-state index contributed by atoms with van der Waals surface area (Å²) in [6.07, 6.45) is 0. The number of aliphatic hydroxyl groups is 1. The third-order valence-corrected chi connectivity index (χ3v) is 4.55. The average molecular weight is 313 g/mol. The molecule has 0 aliphatic carbocycles. The van der Waals surface area contributed by atoms with E-state index in [9.17, 15) is 5.11 Å². The van der Waals surface area contributed by atoms with Gasteiger partial charge in [0.15, 0.2) is 0 Å². The van der Waals surface area contributed by atoms with Crippen molar-refractivity contribution in [3.63, 3.8) is 0 Å². The standard InChI is InChI=1S/C14H21BrN2O/c1-10-7-17(8-14(10)16(2)3)12-5-4-11(9-18)13(15)6-12/h4-6,10,14,18H,7-9H2,1-3H3. The summed E-state index contributed by atoms with van der Waals surface area (Å²) in [5.41, 5.74) is 2.17. The highest BCUT2D eigenvalue weighted by molar-refractivity contribution is 9.10. The number of halogens is 1. The molecule has 100 valence electrons. The first-order chi connectivity index (χ1) is 8.52. The first kappa shape index (κ1) is 13.8. The Balaban J connectivity index is 2.16. The van der Waals surface area contributed by atoms with E-state index < -0.39 is 0 Å². The summed E-state index contributed by atoms with van der Waals surface area (Å²) in [6.45, 7) is 4.55. The third kappa shape index (κ3) is 2.71. The Bertz CT molecular complexity index is 422. The van der Waals surface area contributed by atoms with Crippen LogP contribution in [0.2, 0.25) is 0 Å². The highest BCUT2D eigenvalue weighted by atomic mass is 79.9. The minimum Gasteiger partial charge on any atom is -0.392 e. The van der Waals surface area contributed by atoms with Gasteiger partial charge in [-0.05, 0) is 37.7 Å². The molecule has 1 aromatic carbocycles. The first-order valence-corrected chi connectivity index (χ1v) is 7.13. The molecule has 18 heavy (non-hydrogen) atoms. The highest BCUT2D eigenvalue weighted by Gasteiger charge is 2.31. The molecule has 4 heteroatoms. The Kier molecular flexibility index (Phi) is 4.30. The van der Waals surface area contributed by atoms with Crippen LogP contribution < -0.4 is 4.90 Å². The Morgan fingerprint density at radius 3 is 2.61 bits per heavy atom. The van der Waals surface area contributed by atoms with E-state index in [4.69, 9.17) is 0 Å². The molecule has 2 atom stereocenters. The van der Waals surface area contributed by atoms with Gasteiger partial charge in [-0.15, -0.1) is 0 Å². The van der Waals surface area contributed by atoms with Gasteiger partial charge >= 0.3 is 0 Å². The smallest absolute Gasteiger partial charge is 0.0692 e. The minimum atomic E-state index is 0.0809. The van der Waals surface area contributed by atoms with Crippen LogP contribution in [0.1, 0.15) is 12.5 Å². The van der Waals surface area contributed by atoms with Gasteiger partial charge in [0.05, 0.1) is 6.61 Å². The van der Waals surface area contributed by atoms with Crippen molar-refractivity contribution in [2.75, 3.05) is 32.1 Å². The van der Waals surface area contributed by atoms with Crippen LogP contribution in [0.4, 0.5) is 5.69 Å². The van der Waals surface area contributed by atoms with E-state index in [0.717, 1.165) is 23.1 Å². The molecule has 0 amide bonds. The molecule has 0 radical (unpaired) electrons. The first-order valence-electron chi connectivity index (χ1n) is 6.33. The van der Waals surface area contributed by atoms with Crippen LogP contribution in [0.25, 0.3) is 0 Å². The van der Waals surface area contributed by atoms with Crippen molar-refractivity contribution in [3.05, 3.63) is 28.2 Å². The molecule has 0 bridgehead atoms. The van der Waals surface area contributed by atoms with Crippen LogP contribution in [0.15, 0.2) is 22.7 Å². The number of hydrogen-bond donors (Lipinski definition) is 1. The summed E-state index contributed by atoms with van der Waals surface area (Å²) >= 11 is 3.52.